The fourth-order valence-corrected chi connectivity index (χ4v) is 1.30. The molecule has 2 amide bonds. The van der Waals surface area contributed by atoms with E-state index in [4.69, 9.17) is 9.84 Å². The summed E-state index contributed by atoms with van der Waals surface area (Å²) in [5.74, 6) is 0. The number of carbonyl (C=O) groups is 2. The second kappa shape index (κ2) is 4.17. The van der Waals surface area contributed by atoms with E-state index in [1.54, 1.807) is 14.1 Å². The highest BCUT2D eigenvalue weighted by Crippen LogP contribution is 2.18. The molecule has 0 aliphatic carbocycles. The van der Waals surface area contributed by atoms with Crippen molar-refractivity contribution >= 4 is 12.2 Å². The van der Waals surface area contributed by atoms with Gasteiger partial charge in [-0.15, -0.1) is 0 Å². The molecule has 0 aromatic rings. The van der Waals surface area contributed by atoms with Gasteiger partial charge in [0, 0.05) is 27.1 Å². The molecule has 0 bridgehead atoms. The first-order valence-corrected chi connectivity index (χ1v) is 4.40. The zero-order chi connectivity index (χ0) is 10.7. The highest BCUT2D eigenvalue weighted by molar-refractivity contribution is 5.69. The molecule has 80 valence electrons. The molecule has 1 atom stereocenters. The zero-order valence-electron chi connectivity index (χ0n) is 8.27. The van der Waals surface area contributed by atoms with E-state index in [-0.39, 0.29) is 0 Å². The summed E-state index contributed by atoms with van der Waals surface area (Å²) in [5.41, 5.74) is 0. The van der Waals surface area contributed by atoms with E-state index in [0.717, 1.165) is 11.3 Å². The van der Waals surface area contributed by atoms with Crippen molar-refractivity contribution in [3.05, 3.63) is 0 Å². The Kier molecular flexibility index (Phi) is 3.16. The van der Waals surface area contributed by atoms with Gasteiger partial charge in [0.05, 0.1) is 0 Å². The summed E-state index contributed by atoms with van der Waals surface area (Å²) >= 11 is 0. The number of amides is 2. The molecule has 0 radical (unpaired) electrons. The van der Waals surface area contributed by atoms with E-state index in [1.807, 2.05) is 0 Å². The van der Waals surface area contributed by atoms with Gasteiger partial charge in [-0.05, 0) is 6.42 Å². The minimum atomic E-state index is -1.04. The highest BCUT2D eigenvalue weighted by atomic mass is 16.6. The van der Waals surface area contributed by atoms with Crippen molar-refractivity contribution in [1.82, 2.24) is 9.80 Å². The Morgan fingerprint density at radius 1 is 1.50 bits per heavy atom. The van der Waals surface area contributed by atoms with Gasteiger partial charge in [-0.3, -0.25) is 4.90 Å². The maximum atomic E-state index is 11.2. The fraction of sp³-hybridized carbons (Fsp3) is 0.750. The van der Waals surface area contributed by atoms with Crippen LogP contribution < -0.4 is 0 Å². The van der Waals surface area contributed by atoms with Crippen LogP contribution in [0.15, 0.2) is 0 Å². The van der Waals surface area contributed by atoms with Gasteiger partial charge in [0.1, 0.15) is 0 Å². The van der Waals surface area contributed by atoms with Crippen LogP contribution in [0.5, 0.6) is 0 Å². The van der Waals surface area contributed by atoms with E-state index in [1.165, 1.54) is 4.90 Å². The maximum absolute atomic E-state index is 11.2. The van der Waals surface area contributed by atoms with Crippen LogP contribution in [0.4, 0.5) is 9.59 Å². The second-order valence-corrected chi connectivity index (χ2v) is 3.35. The molecule has 1 unspecified atom stereocenters. The lowest BCUT2D eigenvalue weighted by Gasteiger charge is -2.22. The van der Waals surface area contributed by atoms with Gasteiger partial charge in [0.25, 0.3) is 0 Å². The number of ether oxygens (including phenoxy) is 1. The molecular weight excluding hydrogens is 188 g/mol. The lowest BCUT2D eigenvalue weighted by Crippen LogP contribution is -2.39. The van der Waals surface area contributed by atoms with Crippen molar-refractivity contribution in [1.29, 1.82) is 0 Å². The van der Waals surface area contributed by atoms with Gasteiger partial charge < -0.3 is 14.7 Å². The van der Waals surface area contributed by atoms with E-state index < -0.39 is 18.4 Å². The van der Waals surface area contributed by atoms with Gasteiger partial charge in [-0.1, -0.05) is 0 Å². The van der Waals surface area contributed by atoms with Crippen molar-refractivity contribution < 1.29 is 19.4 Å². The Morgan fingerprint density at radius 3 is 2.64 bits per heavy atom. The number of nitrogens with zero attached hydrogens (tertiary/aromatic N) is 2. The molecule has 1 rings (SSSR count). The summed E-state index contributed by atoms with van der Waals surface area (Å²) in [5, 5.41) is 8.76. The second-order valence-electron chi connectivity index (χ2n) is 3.35. The molecule has 0 saturated carbocycles. The van der Waals surface area contributed by atoms with Crippen molar-refractivity contribution in [2.45, 2.75) is 19.1 Å². The average Bonchev–Trinajstić information content (AvgIpc) is 2.52. The van der Waals surface area contributed by atoms with Crippen LogP contribution in [-0.2, 0) is 4.74 Å². The lowest BCUT2D eigenvalue weighted by atomic mass is 10.4. The molecule has 6 heteroatoms. The molecule has 6 nitrogen and oxygen atoms in total. The average molecular weight is 202 g/mol. The predicted molar refractivity (Wildman–Crippen MR) is 47.9 cm³/mol. The normalized spacial score (nSPS) is 20.7. The summed E-state index contributed by atoms with van der Waals surface area (Å²) in [4.78, 5) is 24.3. The third kappa shape index (κ3) is 2.27. The minimum absolute atomic E-state index is 0.431. The molecule has 14 heavy (non-hydrogen) atoms. The Labute approximate surface area is 82.0 Å². The topological polar surface area (TPSA) is 70.1 Å². The number of carboxylic acid groups (broad SMARTS) is 1. The number of hydrogen-bond donors (Lipinski definition) is 1. The molecule has 0 aromatic heterocycles. The summed E-state index contributed by atoms with van der Waals surface area (Å²) < 4.78 is 4.98. The molecule has 1 heterocycles. The van der Waals surface area contributed by atoms with E-state index in [2.05, 4.69) is 0 Å². The van der Waals surface area contributed by atoms with Crippen molar-refractivity contribution in [3.8, 4) is 0 Å². The Bertz CT molecular complexity index is 241. The number of hydrogen-bond acceptors (Lipinski definition) is 3. The molecule has 1 aliphatic rings. The van der Waals surface area contributed by atoms with Gasteiger partial charge in [-0.25, -0.2) is 9.59 Å². The first-order valence-electron chi connectivity index (χ1n) is 4.40. The molecule has 1 N–H and O–H groups in total. The molecule has 0 spiro atoms. The maximum Gasteiger partial charge on any atom is 0.411 e. The highest BCUT2D eigenvalue weighted by Gasteiger charge is 2.31. The van der Waals surface area contributed by atoms with Crippen LogP contribution in [-0.4, -0.2) is 54.0 Å². The van der Waals surface area contributed by atoms with Gasteiger partial charge in [-0.2, -0.15) is 0 Å². The summed E-state index contributed by atoms with van der Waals surface area (Å²) in [6.45, 7) is 0.431. The molecule has 0 aromatic carbocycles. The van der Waals surface area contributed by atoms with Crippen LogP contribution in [0, 0.1) is 0 Å². The third-order valence-corrected chi connectivity index (χ3v) is 2.05. The molecule has 1 aliphatic heterocycles. The standard InChI is InChI=1S/C8H14N2O4/c1-9(2)8(13)14-6-4-3-5-10(6)7(11)12/h6H,3-5H2,1-2H3,(H,11,12). The summed E-state index contributed by atoms with van der Waals surface area (Å²) in [6, 6.07) is 0. The Hall–Kier alpha value is -1.46. The van der Waals surface area contributed by atoms with Gasteiger partial charge >= 0.3 is 12.2 Å². The number of likely N-dealkylation sites (tertiary alicyclic amines) is 1. The van der Waals surface area contributed by atoms with Crippen molar-refractivity contribution in [2.75, 3.05) is 20.6 Å². The van der Waals surface area contributed by atoms with Gasteiger partial charge in [0.2, 0.25) is 0 Å². The van der Waals surface area contributed by atoms with Crippen LogP contribution in [0.1, 0.15) is 12.8 Å². The lowest BCUT2D eigenvalue weighted by molar-refractivity contribution is 0.00712. The van der Waals surface area contributed by atoms with Crippen molar-refractivity contribution in [2.24, 2.45) is 0 Å². The van der Waals surface area contributed by atoms with Crippen LogP contribution >= 0.6 is 0 Å². The summed E-state index contributed by atoms with van der Waals surface area (Å²) in [7, 11) is 3.12. The Balaban J connectivity index is 2.51. The number of rotatable bonds is 1. The first-order chi connectivity index (χ1) is 6.52. The zero-order valence-corrected chi connectivity index (χ0v) is 8.27. The fourth-order valence-electron chi connectivity index (χ4n) is 1.30. The first kappa shape index (κ1) is 10.6. The quantitative estimate of drug-likeness (QED) is 0.682. The smallest absolute Gasteiger partial charge is 0.411 e. The largest absolute Gasteiger partial charge is 0.465 e. The molecule has 1 fully saturated rings. The third-order valence-electron chi connectivity index (χ3n) is 2.05. The molecule has 1 saturated heterocycles. The van der Waals surface area contributed by atoms with Gasteiger partial charge in [0.15, 0.2) is 6.23 Å². The van der Waals surface area contributed by atoms with E-state index in [9.17, 15) is 9.59 Å². The monoisotopic (exact) mass is 202 g/mol. The predicted octanol–water partition coefficient (Wildman–Crippen LogP) is 0.785. The SMILES string of the molecule is CN(C)C(=O)OC1CCCN1C(=O)O. The van der Waals surface area contributed by atoms with Crippen molar-refractivity contribution in [3.63, 3.8) is 0 Å². The molecular formula is C8H14N2O4. The Morgan fingerprint density at radius 2 is 2.14 bits per heavy atom. The minimum Gasteiger partial charge on any atom is -0.465 e. The van der Waals surface area contributed by atoms with E-state index in [0.29, 0.717) is 13.0 Å². The van der Waals surface area contributed by atoms with Crippen LogP contribution in [0.2, 0.25) is 0 Å². The summed E-state index contributed by atoms with van der Waals surface area (Å²) in [6.07, 6.45) is -0.867. The van der Waals surface area contributed by atoms with Crippen LogP contribution in [0.25, 0.3) is 0 Å². The number of carbonyl (C=O) groups excluding carboxylic acids is 1. The van der Waals surface area contributed by atoms with Crippen LogP contribution in [0.3, 0.4) is 0 Å². The van der Waals surface area contributed by atoms with E-state index >= 15 is 0 Å².